The smallest absolute Gasteiger partial charge is 0.164 e. The van der Waals surface area contributed by atoms with E-state index >= 15 is 0 Å². The van der Waals surface area contributed by atoms with E-state index in [1.54, 1.807) is 12.4 Å². The summed E-state index contributed by atoms with van der Waals surface area (Å²) in [7, 11) is 0. The van der Waals surface area contributed by atoms with E-state index < -0.39 is 0 Å². The molecule has 24 heavy (non-hydrogen) atoms. The number of rotatable bonds is 2. The van der Waals surface area contributed by atoms with Crippen molar-refractivity contribution in [2.24, 2.45) is 9.98 Å². The van der Waals surface area contributed by atoms with Crippen molar-refractivity contribution in [2.45, 2.75) is 0 Å². The van der Waals surface area contributed by atoms with Crippen LogP contribution in [0.5, 0.6) is 0 Å². The molecule has 3 aromatic rings. The molecule has 0 amide bonds. The molecule has 1 N–H and O–H groups in total. The standard InChI is InChI=1S/C18H13N5.Ni/c1-2-8-14-13(7-1)17(21-15-9-3-5-11-19-15)23-18(14)22-16-10-4-6-12-20-16;/h1-12H,(H,19,20,21,22,23);. The van der Waals surface area contributed by atoms with Gasteiger partial charge in [-0.2, -0.15) is 0 Å². The Kier molecular flexibility index (Phi) is 4.78. The Hall–Kier alpha value is -2.85. The summed E-state index contributed by atoms with van der Waals surface area (Å²) in [5.74, 6) is 2.78. The van der Waals surface area contributed by atoms with Crippen LogP contribution in [0.1, 0.15) is 11.1 Å². The maximum absolute atomic E-state index is 4.62. The van der Waals surface area contributed by atoms with Gasteiger partial charge >= 0.3 is 0 Å². The normalized spacial score (nSPS) is 13.8. The molecule has 0 bridgehead atoms. The number of amidine groups is 2. The first-order valence-electron chi connectivity index (χ1n) is 7.26. The maximum atomic E-state index is 4.62. The van der Waals surface area contributed by atoms with Crippen LogP contribution in [-0.2, 0) is 16.5 Å². The Balaban J connectivity index is 0.00000169. The Labute approximate surface area is 149 Å². The van der Waals surface area contributed by atoms with Crippen molar-refractivity contribution in [2.75, 3.05) is 5.32 Å². The Morgan fingerprint density at radius 3 is 2.17 bits per heavy atom. The number of aliphatic imine (C=N–C) groups is 2. The molecule has 0 atom stereocenters. The van der Waals surface area contributed by atoms with Crippen LogP contribution in [0.3, 0.4) is 0 Å². The van der Waals surface area contributed by atoms with Crippen LogP contribution in [0.4, 0.5) is 11.6 Å². The van der Waals surface area contributed by atoms with Gasteiger partial charge < -0.3 is 5.32 Å². The molecule has 0 fully saturated rings. The number of pyridine rings is 2. The molecule has 1 aliphatic rings. The van der Waals surface area contributed by atoms with E-state index in [0.717, 1.165) is 22.8 Å². The summed E-state index contributed by atoms with van der Waals surface area (Å²) in [5.41, 5.74) is 1.99. The zero-order valence-corrected chi connectivity index (χ0v) is 13.5. The number of anilines is 1. The minimum absolute atomic E-state index is 0. The fourth-order valence-electron chi connectivity index (χ4n) is 2.38. The van der Waals surface area contributed by atoms with Crippen LogP contribution in [0, 0.1) is 0 Å². The van der Waals surface area contributed by atoms with E-state index in [1.807, 2.05) is 60.7 Å². The molecule has 0 aliphatic carbocycles. The van der Waals surface area contributed by atoms with Crippen molar-refractivity contribution in [3.8, 4) is 0 Å². The van der Waals surface area contributed by atoms with Gasteiger partial charge in [0.2, 0.25) is 0 Å². The van der Waals surface area contributed by atoms with Gasteiger partial charge in [-0.05, 0) is 24.3 Å². The van der Waals surface area contributed by atoms with Crippen molar-refractivity contribution < 1.29 is 16.5 Å². The van der Waals surface area contributed by atoms with E-state index in [9.17, 15) is 0 Å². The molecule has 5 nitrogen and oxygen atoms in total. The molecule has 0 unspecified atom stereocenters. The SMILES string of the molecule is [Ni].c1ccc(N=C2N=C(Nc3ccccn3)c3ccccc32)nc1. The van der Waals surface area contributed by atoms with Crippen LogP contribution < -0.4 is 5.32 Å². The number of hydrogen-bond acceptors (Lipinski definition) is 4. The quantitative estimate of drug-likeness (QED) is 0.714. The van der Waals surface area contributed by atoms with Crippen molar-refractivity contribution in [1.29, 1.82) is 0 Å². The van der Waals surface area contributed by atoms with Crippen molar-refractivity contribution in [3.63, 3.8) is 0 Å². The molecule has 0 saturated heterocycles. The number of nitrogens with one attached hydrogen (secondary N) is 1. The van der Waals surface area contributed by atoms with Crippen LogP contribution in [-0.4, -0.2) is 21.6 Å². The van der Waals surface area contributed by atoms with Gasteiger partial charge in [0.25, 0.3) is 0 Å². The summed E-state index contributed by atoms with van der Waals surface area (Å²) in [6.45, 7) is 0. The van der Waals surface area contributed by atoms with E-state index in [0.29, 0.717) is 11.7 Å². The van der Waals surface area contributed by atoms with Crippen LogP contribution in [0.15, 0.2) is 83.0 Å². The number of hydrogen-bond donors (Lipinski definition) is 1. The molecule has 2 aromatic heterocycles. The fourth-order valence-corrected chi connectivity index (χ4v) is 2.38. The second-order valence-corrected chi connectivity index (χ2v) is 4.97. The third kappa shape index (κ3) is 3.24. The van der Waals surface area contributed by atoms with Gasteiger partial charge in [-0.15, -0.1) is 0 Å². The summed E-state index contributed by atoms with van der Waals surface area (Å²) in [5, 5.41) is 3.25. The number of fused-ring (bicyclic) bond motifs is 1. The first kappa shape index (κ1) is 16.0. The Morgan fingerprint density at radius 1 is 0.750 bits per heavy atom. The minimum atomic E-state index is 0. The minimum Gasteiger partial charge on any atom is -0.324 e. The topological polar surface area (TPSA) is 62.5 Å². The van der Waals surface area contributed by atoms with Gasteiger partial charge in [-0.1, -0.05) is 36.4 Å². The first-order valence-corrected chi connectivity index (χ1v) is 7.26. The van der Waals surface area contributed by atoms with Gasteiger partial charge in [0.1, 0.15) is 11.7 Å². The largest absolute Gasteiger partial charge is 0.324 e. The van der Waals surface area contributed by atoms with E-state index in [2.05, 4.69) is 25.3 Å². The first-order chi connectivity index (χ1) is 11.4. The summed E-state index contributed by atoms with van der Waals surface area (Å²) < 4.78 is 0. The molecule has 1 aliphatic heterocycles. The van der Waals surface area contributed by atoms with Crippen molar-refractivity contribution >= 4 is 23.3 Å². The molecule has 0 spiro atoms. The maximum Gasteiger partial charge on any atom is 0.164 e. The summed E-state index contributed by atoms with van der Waals surface area (Å²) in [6.07, 6.45) is 3.46. The average molecular weight is 358 g/mol. The van der Waals surface area contributed by atoms with Crippen LogP contribution in [0.25, 0.3) is 0 Å². The van der Waals surface area contributed by atoms with E-state index in [1.165, 1.54) is 0 Å². The van der Waals surface area contributed by atoms with Gasteiger partial charge in [-0.25, -0.2) is 20.0 Å². The molecule has 120 valence electrons. The van der Waals surface area contributed by atoms with E-state index in [4.69, 9.17) is 0 Å². The third-order valence-corrected chi connectivity index (χ3v) is 3.42. The fraction of sp³-hybridized carbons (Fsp3) is 0. The number of benzene rings is 1. The summed E-state index contributed by atoms with van der Waals surface area (Å²) in [6, 6.07) is 19.3. The second kappa shape index (κ2) is 7.15. The number of aromatic nitrogens is 2. The van der Waals surface area contributed by atoms with E-state index in [-0.39, 0.29) is 16.5 Å². The number of nitrogens with zero attached hydrogens (tertiary/aromatic N) is 4. The van der Waals surface area contributed by atoms with Gasteiger partial charge in [0.15, 0.2) is 11.7 Å². The molecule has 6 heteroatoms. The zero-order valence-electron chi connectivity index (χ0n) is 12.5. The monoisotopic (exact) mass is 357 g/mol. The Morgan fingerprint density at radius 2 is 1.46 bits per heavy atom. The van der Waals surface area contributed by atoms with Crippen molar-refractivity contribution in [1.82, 2.24) is 9.97 Å². The molecule has 0 saturated carbocycles. The van der Waals surface area contributed by atoms with Crippen LogP contribution in [0.2, 0.25) is 0 Å². The summed E-state index contributed by atoms with van der Waals surface area (Å²) in [4.78, 5) is 17.7. The molecule has 3 heterocycles. The zero-order chi connectivity index (χ0) is 15.5. The Bertz CT molecular complexity index is 892. The molecule has 0 radical (unpaired) electrons. The van der Waals surface area contributed by atoms with Gasteiger partial charge in [0, 0.05) is 40.0 Å². The third-order valence-electron chi connectivity index (χ3n) is 3.42. The average Bonchev–Trinajstić information content (AvgIpc) is 2.95. The predicted octanol–water partition coefficient (Wildman–Crippen LogP) is 3.42. The predicted molar refractivity (Wildman–Crippen MR) is 91.3 cm³/mol. The molecule has 1 aromatic carbocycles. The van der Waals surface area contributed by atoms with Crippen LogP contribution >= 0.6 is 0 Å². The van der Waals surface area contributed by atoms with Crippen molar-refractivity contribution in [3.05, 3.63) is 84.2 Å². The molecule has 4 rings (SSSR count). The summed E-state index contributed by atoms with van der Waals surface area (Å²) >= 11 is 0. The molecular weight excluding hydrogens is 345 g/mol. The molecular formula is C18H13N5Ni. The van der Waals surface area contributed by atoms with Gasteiger partial charge in [-0.3, -0.25) is 0 Å². The second-order valence-electron chi connectivity index (χ2n) is 4.97. The van der Waals surface area contributed by atoms with Gasteiger partial charge in [0.05, 0.1) is 0 Å².